The molecule has 1 heterocycles. The zero-order valence-electron chi connectivity index (χ0n) is 12.9. The molecule has 19 heavy (non-hydrogen) atoms. The molecule has 1 amide bonds. The van der Waals surface area contributed by atoms with E-state index in [-0.39, 0.29) is 11.9 Å². The van der Waals surface area contributed by atoms with E-state index in [4.69, 9.17) is 0 Å². The largest absolute Gasteiger partial charge is 0.353 e. The molecule has 1 rings (SSSR count). The fourth-order valence-electron chi connectivity index (χ4n) is 2.33. The van der Waals surface area contributed by atoms with Gasteiger partial charge in [0, 0.05) is 24.3 Å². The molecule has 0 spiro atoms. The zero-order chi connectivity index (χ0) is 14.4. The molecule has 0 aromatic carbocycles. The van der Waals surface area contributed by atoms with Gasteiger partial charge in [-0.05, 0) is 27.2 Å². The number of carbonyl (C=O) groups is 1. The number of rotatable bonds is 7. The number of aryl methyl sites for hydroxylation is 2. The van der Waals surface area contributed by atoms with E-state index in [1.165, 1.54) is 19.3 Å². The number of amides is 1. The Hall–Kier alpha value is -1.32. The van der Waals surface area contributed by atoms with Gasteiger partial charge in [-0.3, -0.25) is 9.48 Å². The van der Waals surface area contributed by atoms with Crippen molar-refractivity contribution in [2.24, 2.45) is 7.05 Å². The quantitative estimate of drug-likeness (QED) is 0.770. The number of carbonyl (C=O) groups excluding carboxylic acids is 1. The average Bonchev–Trinajstić information content (AvgIpc) is 2.56. The highest BCUT2D eigenvalue weighted by atomic mass is 16.1. The molecule has 0 aliphatic heterocycles. The molecule has 1 atom stereocenters. The minimum absolute atomic E-state index is 0.100. The lowest BCUT2D eigenvalue weighted by atomic mass is 10.1. The Labute approximate surface area is 116 Å². The van der Waals surface area contributed by atoms with Crippen molar-refractivity contribution in [1.82, 2.24) is 15.1 Å². The molecule has 108 valence electrons. The van der Waals surface area contributed by atoms with Crippen LogP contribution in [0.1, 0.15) is 56.5 Å². The summed E-state index contributed by atoms with van der Waals surface area (Å²) in [4.78, 5) is 12.0. The fourth-order valence-corrected chi connectivity index (χ4v) is 2.33. The number of hydrogen-bond acceptors (Lipinski definition) is 2. The third-order valence-corrected chi connectivity index (χ3v) is 3.64. The first-order valence-electron chi connectivity index (χ1n) is 7.24. The van der Waals surface area contributed by atoms with Crippen LogP contribution in [0.2, 0.25) is 0 Å². The molecule has 0 bridgehead atoms. The predicted molar refractivity (Wildman–Crippen MR) is 78.1 cm³/mol. The van der Waals surface area contributed by atoms with Crippen molar-refractivity contribution in [2.75, 3.05) is 0 Å². The first-order valence-corrected chi connectivity index (χ1v) is 7.24. The van der Waals surface area contributed by atoms with Gasteiger partial charge < -0.3 is 5.32 Å². The van der Waals surface area contributed by atoms with Gasteiger partial charge in [-0.1, -0.05) is 26.2 Å². The summed E-state index contributed by atoms with van der Waals surface area (Å²) in [6, 6.07) is 0.260. The standard InChI is InChI=1S/C15H27N3O/c1-6-7-8-9-11(2)16-15(19)10-14-12(3)17-18(5)13(14)4/h11H,6-10H2,1-5H3,(H,16,19). The monoisotopic (exact) mass is 265 g/mol. The third-order valence-electron chi connectivity index (χ3n) is 3.64. The summed E-state index contributed by atoms with van der Waals surface area (Å²) in [5, 5.41) is 7.42. The van der Waals surface area contributed by atoms with Gasteiger partial charge >= 0.3 is 0 Å². The summed E-state index contributed by atoms with van der Waals surface area (Å²) in [5.41, 5.74) is 3.08. The van der Waals surface area contributed by atoms with Crippen LogP contribution in [0.5, 0.6) is 0 Å². The van der Waals surface area contributed by atoms with Crippen molar-refractivity contribution in [3.8, 4) is 0 Å². The summed E-state index contributed by atoms with van der Waals surface area (Å²) < 4.78 is 1.84. The molecular weight excluding hydrogens is 238 g/mol. The van der Waals surface area contributed by atoms with Crippen LogP contribution in [-0.4, -0.2) is 21.7 Å². The van der Waals surface area contributed by atoms with Crippen LogP contribution >= 0.6 is 0 Å². The molecule has 1 N–H and O–H groups in total. The van der Waals surface area contributed by atoms with Crippen LogP contribution in [0.3, 0.4) is 0 Å². The summed E-state index contributed by atoms with van der Waals surface area (Å²) >= 11 is 0. The summed E-state index contributed by atoms with van der Waals surface area (Å²) in [5.74, 6) is 0.100. The molecule has 0 saturated heterocycles. The van der Waals surface area contributed by atoms with E-state index in [2.05, 4.69) is 24.3 Å². The van der Waals surface area contributed by atoms with E-state index in [9.17, 15) is 4.79 Å². The maximum atomic E-state index is 12.0. The van der Waals surface area contributed by atoms with Crippen LogP contribution < -0.4 is 5.32 Å². The highest BCUT2D eigenvalue weighted by Crippen LogP contribution is 2.12. The second-order valence-electron chi connectivity index (χ2n) is 5.41. The summed E-state index contributed by atoms with van der Waals surface area (Å²) in [7, 11) is 1.91. The van der Waals surface area contributed by atoms with Gasteiger partial charge in [0.05, 0.1) is 12.1 Å². The molecule has 4 nitrogen and oxygen atoms in total. The molecule has 1 unspecified atom stereocenters. The predicted octanol–water partition coefficient (Wildman–Crippen LogP) is 2.66. The Kier molecular flexibility index (Phi) is 6.06. The van der Waals surface area contributed by atoms with Crippen LogP contribution in [0, 0.1) is 13.8 Å². The molecule has 1 aromatic heterocycles. The number of nitrogens with zero attached hydrogens (tertiary/aromatic N) is 2. The van der Waals surface area contributed by atoms with Crippen LogP contribution in [-0.2, 0) is 18.3 Å². The number of nitrogens with one attached hydrogen (secondary N) is 1. The van der Waals surface area contributed by atoms with Crippen molar-refractivity contribution >= 4 is 5.91 Å². The number of hydrogen-bond donors (Lipinski definition) is 1. The minimum atomic E-state index is 0.100. The van der Waals surface area contributed by atoms with Crippen molar-refractivity contribution in [1.29, 1.82) is 0 Å². The molecule has 0 fully saturated rings. The topological polar surface area (TPSA) is 46.9 Å². The first-order chi connectivity index (χ1) is 8.95. The second-order valence-corrected chi connectivity index (χ2v) is 5.41. The molecular formula is C15H27N3O. The van der Waals surface area contributed by atoms with Gasteiger partial charge in [0.1, 0.15) is 0 Å². The van der Waals surface area contributed by atoms with E-state index in [0.717, 1.165) is 23.4 Å². The molecule has 0 aliphatic rings. The first kappa shape index (κ1) is 15.7. The van der Waals surface area contributed by atoms with E-state index in [0.29, 0.717) is 6.42 Å². The third kappa shape index (κ3) is 4.69. The zero-order valence-corrected chi connectivity index (χ0v) is 12.9. The van der Waals surface area contributed by atoms with E-state index < -0.39 is 0 Å². The normalized spacial score (nSPS) is 12.5. The lowest BCUT2D eigenvalue weighted by molar-refractivity contribution is -0.121. The highest BCUT2D eigenvalue weighted by molar-refractivity contribution is 5.79. The lowest BCUT2D eigenvalue weighted by Gasteiger charge is -2.13. The van der Waals surface area contributed by atoms with Gasteiger partial charge in [0.2, 0.25) is 5.91 Å². The Balaban J connectivity index is 2.46. The van der Waals surface area contributed by atoms with Gasteiger partial charge in [-0.25, -0.2) is 0 Å². The molecule has 0 saturated carbocycles. The minimum Gasteiger partial charge on any atom is -0.353 e. The van der Waals surface area contributed by atoms with Crippen molar-refractivity contribution in [3.05, 3.63) is 17.0 Å². The smallest absolute Gasteiger partial charge is 0.224 e. The number of unbranched alkanes of at least 4 members (excludes halogenated alkanes) is 2. The fraction of sp³-hybridized carbons (Fsp3) is 0.733. The summed E-state index contributed by atoms with van der Waals surface area (Å²) in [6.07, 6.45) is 5.13. The molecule has 4 heteroatoms. The molecule has 0 aliphatic carbocycles. The maximum absolute atomic E-state index is 12.0. The lowest BCUT2D eigenvalue weighted by Crippen LogP contribution is -2.33. The Morgan fingerprint density at radius 3 is 2.58 bits per heavy atom. The summed E-state index contributed by atoms with van der Waals surface area (Å²) in [6.45, 7) is 8.24. The second kappa shape index (κ2) is 7.31. The average molecular weight is 265 g/mol. The Bertz CT molecular complexity index is 423. The SMILES string of the molecule is CCCCCC(C)NC(=O)Cc1c(C)nn(C)c1C. The van der Waals surface area contributed by atoms with Crippen LogP contribution in [0.15, 0.2) is 0 Å². The Morgan fingerprint density at radius 2 is 2.05 bits per heavy atom. The highest BCUT2D eigenvalue weighted by Gasteiger charge is 2.14. The van der Waals surface area contributed by atoms with Crippen LogP contribution in [0.25, 0.3) is 0 Å². The van der Waals surface area contributed by atoms with Gasteiger partial charge in [0.25, 0.3) is 0 Å². The van der Waals surface area contributed by atoms with E-state index in [1.54, 1.807) is 0 Å². The van der Waals surface area contributed by atoms with Gasteiger partial charge in [0.15, 0.2) is 0 Å². The van der Waals surface area contributed by atoms with Gasteiger partial charge in [-0.2, -0.15) is 5.10 Å². The maximum Gasteiger partial charge on any atom is 0.224 e. The Morgan fingerprint density at radius 1 is 1.37 bits per heavy atom. The van der Waals surface area contributed by atoms with Crippen molar-refractivity contribution < 1.29 is 4.79 Å². The van der Waals surface area contributed by atoms with Crippen LogP contribution in [0.4, 0.5) is 0 Å². The van der Waals surface area contributed by atoms with E-state index in [1.807, 2.05) is 25.6 Å². The molecule has 1 aromatic rings. The van der Waals surface area contributed by atoms with Gasteiger partial charge in [-0.15, -0.1) is 0 Å². The van der Waals surface area contributed by atoms with Crippen molar-refractivity contribution in [3.63, 3.8) is 0 Å². The van der Waals surface area contributed by atoms with E-state index >= 15 is 0 Å². The van der Waals surface area contributed by atoms with Crippen molar-refractivity contribution in [2.45, 2.75) is 65.8 Å². The number of aromatic nitrogens is 2. The molecule has 0 radical (unpaired) electrons.